The Morgan fingerprint density at radius 1 is 1.32 bits per heavy atom. The van der Waals surface area contributed by atoms with Gasteiger partial charge in [0.15, 0.2) is 0 Å². The van der Waals surface area contributed by atoms with Crippen LogP contribution in [0.1, 0.15) is 59.3 Å². The molecule has 0 heterocycles. The molecule has 2 nitrogen and oxygen atoms in total. The molecule has 3 aliphatic carbocycles. The van der Waals surface area contributed by atoms with Gasteiger partial charge in [-0.1, -0.05) is 32.8 Å². The first kappa shape index (κ1) is 15.5. The lowest BCUT2D eigenvalue weighted by molar-refractivity contribution is -0.150. The Morgan fingerprint density at radius 2 is 2.05 bits per heavy atom. The normalized spacial score (nSPS) is 43.4. The molecule has 0 amide bonds. The van der Waals surface area contributed by atoms with Gasteiger partial charge in [0.2, 0.25) is 0 Å². The molecule has 1 unspecified atom stereocenters. The molecule has 0 aromatic rings. The molecule has 0 saturated heterocycles. The van der Waals surface area contributed by atoms with Gasteiger partial charge in [0, 0.05) is 5.41 Å². The van der Waals surface area contributed by atoms with Gasteiger partial charge in [-0.2, -0.15) is 0 Å². The third-order valence-electron chi connectivity index (χ3n) is 6.84. The van der Waals surface area contributed by atoms with E-state index in [1.54, 1.807) is 0 Å². The number of terminal acetylenes is 1. The predicted octanol–water partition coefficient (Wildman–Crippen LogP) is 3.95. The van der Waals surface area contributed by atoms with Crippen molar-refractivity contribution in [3.63, 3.8) is 0 Å². The first-order valence-corrected chi connectivity index (χ1v) is 8.50. The molecular formula is C20H26O2. The van der Waals surface area contributed by atoms with Crippen LogP contribution in [-0.4, -0.2) is 12.1 Å². The number of rotatable bonds is 1. The topological polar surface area (TPSA) is 34.1 Å². The first-order chi connectivity index (χ1) is 10.3. The van der Waals surface area contributed by atoms with Crippen LogP contribution in [0, 0.1) is 40.4 Å². The van der Waals surface area contributed by atoms with E-state index in [-0.39, 0.29) is 22.5 Å². The van der Waals surface area contributed by atoms with Crippen molar-refractivity contribution in [1.82, 2.24) is 0 Å². The van der Waals surface area contributed by atoms with Gasteiger partial charge in [0.25, 0.3) is 0 Å². The van der Waals surface area contributed by atoms with Crippen LogP contribution in [0.25, 0.3) is 0 Å². The summed E-state index contributed by atoms with van der Waals surface area (Å²) >= 11 is 0. The highest BCUT2D eigenvalue weighted by molar-refractivity contribution is 5.98. The molecule has 4 atom stereocenters. The Morgan fingerprint density at radius 3 is 2.68 bits per heavy atom. The zero-order chi connectivity index (χ0) is 16.2. The third-order valence-corrected chi connectivity index (χ3v) is 6.84. The fourth-order valence-electron chi connectivity index (χ4n) is 5.86. The number of hydrogen-bond donors (Lipinski definition) is 0. The second-order valence-corrected chi connectivity index (χ2v) is 8.28. The largest absolute Gasteiger partial charge is 0.303 e. The van der Waals surface area contributed by atoms with Crippen LogP contribution >= 0.6 is 0 Å². The minimum atomic E-state index is -0.479. The summed E-state index contributed by atoms with van der Waals surface area (Å²) < 4.78 is 0. The van der Waals surface area contributed by atoms with Crippen LogP contribution in [0.5, 0.6) is 0 Å². The minimum absolute atomic E-state index is 0.117. The second kappa shape index (κ2) is 4.82. The van der Waals surface area contributed by atoms with E-state index in [1.807, 2.05) is 13.8 Å². The van der Waals surface area contributed by atoms with Gasteiger partial charge in [-0.15, -0.1) is 6.42 Å². The van der Waals surface area contributed by atoms with Crippen molar-refractivity contribution >= 4 is 12.1 Å². The van der Waals surface area contributed by atoms with Crippen LogP contribution in [-0.2, 0) is 9.59 Å². The molecule has 0 radical (unpaired) electrons. The summed E-state index contributed by atoms with van der Waals surface area (Å²) in [4.78, 5) is 24.2. The summed E-state index contributed by atoms with van der Waals surface area (Å²) in [5.41, 5.74) is 0.663. The summed E-state index contributed by atoms with van der Waals surface area (Å²) in [6, 6.07) is 0. The highest BCUT2D eigenvalue weighted by Crippen LogP contribution is 2.65. The summed E-state index contributed by atoms with van der Waals surface area (Å²) in [5, 5.41) is 0. The Kier molecular flexibility index (Phi) is 3.40. The third kappa shape index (κ3) is 1.81. The smallest absolute Gasteiger partial charge is 0.148 e. The van der Waals surface area contributed by atoms with Crippen LogP contribution in [0.4, 0.5) is 0 Å². The van der Waals surface area contributed by atoms with Gasteiger partial charge in [-0.3, -0.25) is 4.79 Å². The highest BCUT2D eigenvalue weighted by Gasteiger charge is 2.61. The van der Waals surface area contributed by atoms with Crippen molar-refractivity contribution in [2.45, 2.75) is 59.3 Å². The average Bonchev–Trinajstić information content (AvgIpc) is 2.51. The lowest BCUT2D eigenvalue weighted by atomic mass is 9.42. The zero-order valence-corrected chi connectivity index (χ0v) is 13.9. The van der Waals surface area contributed by atoms with Crippen molar-refractivity contribution in [2.24, 2.45) is 28.1 Å². The maximum atomic E-state index is 12.7. The van der Waals surface area contributed by atoms with Crippen molar-refractivity contribution in [3.05, 3.63) is 11.6 Å². The molecule has 0 aromatic heterocycles. The fraction of sp³-hybridized carbons (Fsp3) is 0.700. The quantitative estimate of drug-likeness (QED) is 0.318. The fourth-order valence-corrected chi connectivity index (χ4v) is 5.86. The molecule has 3 aliphatic rings. The molecule has 3 rings (SSSR count). The molecule has 0 bridgehead atoms. The van der Waals surface area contributed by atoms with E-state index in [0.717, 1.165) is 38.4 Å². The van der Waals surface area contributed by atoms with Crippen molar-refractivity contribution in [2.75, 3.05) is 0 Å². The van der Waals surface area contributed by atoms with E-state index in [1.165, 1.54) is 5.57 Å². The molecule has 2 heteroatoms. The van der Waals surface area contributed by atoms with E-state index >= 15 is 0 Å². The van der Waals surface area contributed by atoms with Crippen molar-refractivity contribution in [3.8, 4) is 12.3 Å². The molecule has 0 spiro atoms. The van der Waals surface area contributed by atoms with Crippen LogP contribution in [0.3, 0.4) is 0 Å². The number of allylic oxidation sites excluding steroid dienone is 2. The highest BCUT2D eigenvalue weighted by atomic mass is 16.1. The van der Waals surface area contributed by atoms with Crippen LogP contribution in [0.2, 0.25) is 0 Å². The molecule has 0 N–H and O–H groups in total. The Labute approximate surface area is 133 Å². The average molecular weight is 298 g/mol. The van der Waals surface area contributed by atoms with E-state index in [0.29, 0.717) is 6.42 Å². The predicted molar refractivity (Wildman–Crippen MR) is 87.0 cm³/mol. The minimum Gasteiger partial charge on any atom is -0.303 e. The summed E-state index contributed by atoms with van der Waals surface area (Å²) in [7, 11) is 0. The number of fused-ring (bicyclic) bond motifs is 3. The monoisotopic (exact) mass is 298 g/mol. The lowest BCUT2D eigenvalue weighted by Gasteiger charge is -2.60. The van der Waals surface area contributed by atoms with Crippen LogP contribution in [0.15, 0.2) is 11.6 Å². The zero-order valence-electron chi connectivity index (χ0n) is 13.9. The van der Waals surface area contributed by atoms with E-state index in [2.05, 4.69) is 18.9 Å². The number of aldehydes is 1. The molecule has 2 saturated carbocycles. The second-order valence-electron chi connectivity index (χ2n) is 8.28. The van der Waals surface area contributed by atoms with E-state index in [9.17, 15) is 9.59 Å². The molecule has 118 valence electrons. The summed E-state index contributed by atoms with van der Waals surface area (Å²) in [6.45, 7) is 6.31. The maximum absolute atomic E-state index is 12.7. The van der Waals surface area contributed by atoms with E-state index in [4.69, 9.17) is 6.42 Å². The summed E-state index contributed by atoms with van der Waals surface area (Å²) in [5.74, 6) is 3.04. The molecule has 0 aliphatic heterocycles. The van der Waals surface area contributed by atoms with Gasteiger partial charge in [-0.25, -0.2) is 0 Å². The van der Waals surface area contributed by atoms with Gasteiger partial charge >= 0.3 is 0 Å². The number of carbonyl (C=O) groups is 2. The Hall–Kier alpha value is -1.36. The molecule has 22 heavy (non-hydrogen) atoms. The SMILES string of the molecule is C#C[C@]12CCCC=C1[C@@]1(C)CC(C=O)C(=O)C(C)(C)[C@@H]1CC2. The number of ketones is 1. The maximum Gasteiger partial charge on any atom is 0.148 e. The van der Waals surface area contributed by atoms with Crippen molar-refractivity contribution < 1.29 is 9.59 Å². The Bertz CT molecular complexity index is 591. The number of carbonyl (C=O) groups excluding carboxylic acids is 2. The Balaban J connectivity index is 2.14. The van der Waals surface area contributed by atoms with Crippen LogP contribution < -0.4 is 0 Å². The van der Waals surface area contributed by atoms with Gasteiger partial charge in [0.1, 0.15) is 12.1 Å². The van der Waals surface area contributed by atoms with Gasteiger partial charge in [-0.05, 0) is 55.4 Å². The molecular weight excluding hydrogens is 272 g/mol. The standard InChI is InChI=1S/C20H26O2/c1-5-20-10-7-6-8-16(20)19(4)12-14(13-21)17(22)18(2,3)15(19)9-11-20/h1,8,13-15H,6-7,9-12H2,2-4H3/t14?,15-,19-,20+/m0/s1. The van der Waals surface area contributed by atoms with Gasteiger partial charge in [0.05, 0.1) is 11.3 Å². The number of Topliss-reactive ketones (excluding diaryl/α,β-unsaturated/α-hetero) is 1. The van der Waals surface area contributed by atoms with Gasteiger partial charge < -0.3 is 4.79 Å². The number of hydrogen-bond acceptors (Lipinski definition) is 2. The van der Waals surface area contributed by atoms with Crippen molar-refractivity contribution in [1.29, 1.82) is 0 Å². The van der Waals surface area contributed by atoms with E-state index < -0.39 is 11.3 Å². The molecule has 0 aromatic carbocycles. The molecule has 2 fully saturated rings. The lowest BCUT2D eigenvalue weighted by Crippen LogP contribution is -2.57. The summed E-state index contributed by atoms with van der Waals surface area (Å²) in [6.07, 6.45) is 15.0. The first-order valence-electron chi connectivity index (χ1n) is 8.50.